The Hall–Kier alpha value is -1.84. The lowest BCUT2D eigenvalue weighted by Crippen LogP contribution is -2.32. The number of hydrogen-bond acceptors (Lipinski definition) is 2. The minimum Gasteiger partial charge on any atom is -0.481 e. The van der Waals surface area contributed by atoms with Crippen LogP contribution in [0.3, 0.4) is 0 Å². The Morgan fingerprint density at radius 3 is 2.44 bits per heavy atom. The fraction of sp³-hybridized carbons (Fsp3) is 0.333. The van der Waals surface area contributed by atoms with Crippen molar-refractivity contribution in [2.75, 3.05) is 0 Å². The molecule has 4 nitrogen and oxygen atoms in total. The van der Waals surface area contributed by atoms with E-state index in [1.54, 1.807) is 12.1 Å². The third kappa shape index (κ3) is 1.66. The molecule has 0 fully saturated rings. The molecule has 0 aromatic heterocycles. The highest BCUT2D eigenvalue weighted by atomic mass is 16.4. The zero-order chi connectivity index (χ0) is 11.7. The smallest absolute Gasteiger partial charge is 0.311 e. The van der Waals surface area contributed by atoms with Crippen molar-refractivity contribution in [3.63, 3.8) is 0 Å². The van der Waals surface area contributed by atoms with Gasteiger partial charge < -0.3 is 10.2 Å². The predicted octanol–water partition coefficient (Wildman–Crippen LogP) is 1.50. The maximum absolute atomic E-state index is 11.2. The molecule has 0 saturated carbocycles. The summed E-state index contributed by atoms with van der Waals surface area (Å²) in [6.07, 6.45) is 1.03. The average molecular weight is 220 g/mol. The van der Waals surface area contributed by atoms with Crippen LogP contribution in [0.15, 0.2) is 24.3 Å². The fourth-order valence-corrected chi connectivity index (χ4v) is 2.33. The van der Waals surface area contributed by atoms with E-state index in [4.69, 9.17) is 10.2 Å². The highest BCUT2D eigenvalue weighted by Gasteiger charge is 2.38. The van der Waals surface area contributed by atoms with Gasteiger partial charge in [-0.05, 0) is 24.0 Å². The van der Waals surface area contributed by atoms with Crippen LogP contribution in [-0.4, -0.2) is 22.2 Å². The van der Waals surface area contributed by atoms with Gasteiger partial charge in [-0.3, -0.25) is 9.59 Å². The molecule has 2 atom stereocenters. The zero-order valence-corrected chi connectivity index (χ0v) is 8.59. The fourth-order valence-electron chi connectivity index (χ4n) is 2.33. The molecule has 1 aliphatic rings. The van der Waals surface area contributed by atoms with Gasteiger partial charge in [0.15, 0.2) is 0 Å². The average Bonchev–Trinajstić information content (AvgIpc) is 2.27. The van der Waals surface area contributed by atoms with Crippen molar-refractivity contribution >= 4 is 11.9 Å². The quantitative estimate of drug-likeness (QED) is 0.792. The van der Waals surface area contributed by atoms with Crippen molar-refractivity contribution in [1.82, 2.24) is 0 Å². The van der Waals surface area contributed by atoms with Crippen molar-refractivity contribution in [1.29, 1.82) is 0 Å². The maximum Gasteiger partial charge on any atom is 0.311 e. The molecule has 1 aromatic carbocycles. The number of aryl methyl sites for hydroxylation is 1. The summed E-state index contributed by atoms with van der Waals surface area (Å²) in [7, 11) is 0. The number of carbonyl (C=O) groups is 2. The standard InChI is InChI=1S/C12H12O4/c13-11(14)9-6-5-7-3-1-2-4-8(7)10(9)12(15)16/h1-4,9-10H,5-6H2,(H,13,14)(H,15,16)/t9-,10-/m1/s1. The second-order valence-corrected chi connectivity index (χ2v) is 4.00. The lowest BCUT2D eigenvalue weighted by molar-refractivity contribution is -0.150. The summed E-state index contributed by atoms with van der Waals surface area (Å²) in [4.78, 5) is 22.2. The molecule has 0 unspecified atom stereocenters. The van der Waals surface area contributed by atoms with Crippen molar-refractivity contribution < 1.29 is 19.8 Å². The third-order valence-corrected chi connectivity index (χ3v) is 3.10. The van der Waals surface area contributed by atoms with Crippen LogP contribution >= 0.6 is 0 Å². The van der Waals surface area contributed by atoms with Crippen LogP contribution in [0.2, 0.25) is 0 Å². The predicted molar refractivity (Wildman–Crippen MR) is 56.3 cm³/mol. The number of benzene rings is 1. The molecule has 16 heavy (non-hydrogen) atoms. The molecule has 1 aliphatic carbocycles. The molecule has 0 heterocycles. The van der Waals surface area contributed by atoms with E-state index in [2.05, 4.69) is 0 Å². The highest BCUT2D eigenvalue weighted by Crippen LogP contribution is 2.36. The second-order valence-electron chi connectivity index (χ2n) is 4.00. The topological polar surface area (TPSA) is 74.6 Å². The van der Waals surface area contributed by atoms with E-state index in [1.807, 2.05) is 12.1 Å². The van der Waals surface area contributed by atoms with Gasteiger partial charge in [-0.15, -0.1) is 0 Å². The van der Waals surface area contributed by atoms with Crippen LogP contribution in [0.1, 0.15) is 23.5 Å². The van der Waals surface area contributed by atoms with Gasteiger partial charge in [-0.25, -0.2) is 0 Å². The van der Waals surface area contributed by atoms with E-state index in [0.717, 1.165) is 5.56 Å². The van der Waals surface area contributed by atoms with E-state index in [0.29, 0.717) is 18.4 Å². The maximum atomic E-state index is 11.2. The van der Waals surface area contributed by atoms with Crippen LogP contribution in [-0.2, 0) is 16.0 Å². The van der Waals surface area contributed by atoms with Crippen molar-refractivity contribution in [2.45, 2.75) is 18.8 Å². The van der Waals surface area contributed by atoms with E-state index in [-0.39, 0.29) is 0 Å². The third-order valence-electron chi connectivity index (χ3n) is 3.10. The summed E-state index contributed by atoms with van der Waals surface area (Å²) in [6, 6.07) is 7.17. The number of carboxylic acid groups (broad SMARTS) is 2. The molecule has 1 aromatic rings. The summed E-state index contributed by atoms with van der Waals surface area (Å²) < 4.78 is 0. The molecule has 4 heteroatoms. The van der Waals surface area contributed by atoms with E-state index < -0.39 is 23.8 Å². The van der Waals surface area contributed by atoms with Crippen molar-refractivity contribution in [3.05, 3.63) is 35.4 Å². The van der Waals surface area contributed by atoms with Crippen molar-refractivity contribution in [2.24, 2.45) is 5.92 Å². The Morgan fingerprint density at radius 2 is 1.81 bits per heavy atom. The summed E-state index contributed by atoms with van der Waals surface area (Å²) in [5.41, 5.74) is 1.60. The normalized spacial score (nSPS) is 23.5. The van der Waals surface area contributed by atoms with Gasteiger partial charge in [0.2, 0.25) is 0 Å². The Balaban J connectivity index is 2.47. The molecule has 0 aliphatic heterocycles. The first kappa shape index (κ1) is 10.7. The molecule has 2 N–H and O–H groups in total. The van der Waals surface area contributed by atoms with Crippen LogP contribution < -0.4 is 0 Å². The summed E-state index contributed by atoms with van der Waals surface area (Å²) in [5, 5.41) is 18.2. The van der Waals surface area contributed by atoms with Gasteiger partial charge in [0, 0.05) is 0 Å². The van der Waals surface area contributed by atoms with Crippen LogP contribution in [0.25, 0.3) is 0 Å². The monoisotopic (exact) mass is 220 g/mol. The molecular formula is C12H12O4. The van der Waals surface area contributed by atoms with Gasteiger partial charge in [0.1, 0.15) is 0 Å². The van der Waals surface area contributed by atoms with E-state index in [1.165, 1.54) is 0 Å². The van der Waals surface area contributed by atoms with Gasteiger partial charge >= 0.3 is 11.9 Å². The van der Waals surface area contributed by atoms with E-state index >= 15 is 0 Å². The zero-order valence-electron chi connectivity index (χ0n) is 8.59. The molecule has 0 amide bonds. The summed E-state index contributed by atoms with van der Waals surface area (Å²) >= 11 is 0. The highest BCUT2D eigenvalue weighted by molar-refractivity contribution is 5.85. The van der Waals surface area contributed by atoms with Gasteiger partial charge in [0.05, 0.1) is 11.8 Å². The first-order valence-electron chi connectivity index (χ1n) is 5.14. The summed E-state index contributed by atoms with van der Waals surface area (Å²) in [6.45, 7) is 0. The Labute approximate surface area is 92.5 Å². The Bertz CT molecular complexity index is 438. The number of fused-ring (bicyclic) bond motifs is 1. The Kier molecular flexibility index (Phi) is 2.64. The minimum atomic E-state index is -1.06. The molecule has 2 rings (SSSR count). The van der Waals surface area contributed by atoms with Crippen LogP contribution in [0.4, 0.5) is 0 Å². The van der Waals surface area contributed by atoms with Gasteiger partial charge in [-0.1, -0.05) is 24.3 Å². The number of carboxylic acids is 2. The molecule has 0 bridgehead atoms. The van der Waals surface area contributed by atoms with Crippen molar-refractivity contribution in [3.8, 4) is 0 Å². The summed E-state index contributed by atoms with van der Waals surface area (Å²) in [5.74, 6) is -3.81. The minimum absolute atomic E-state index is 0.392. The lowest BCUT2D eigenvalue weighted by Gasteiger charge is -2.27. The number of hydrogen-bond donors (Lipinski definition) is 2. The lowest BCUT2D eigenvalue weighted by atomic mass is 9.75. The molecule has 0 saturated heterocycles. The largest absolute Gasteiger partial charge is 0.481 e. The SMILES string of the molecule is O=C(O)[C@@H]1c2ccccc2CC[C@H]1C(=O)O. The molecule has 84 valence electrons. The van der Waals surface area contributed by atoms with Gasteiger partial charge in [-0.2, -0.15) is 0 Å². The first-order chi connectivity index (χ1) is 7.61. The first-order valence-corrected chi connectivity index (χ1v) is 5.14. The molecule has 0 radical (unpaired) electrons. The van der Waals surface area contributed by atoms with Gasteiger partial charge in [0.25, 0.3) is 0 Å². The second kappa shape index (κ2) is 3.96. The number of aliphatic carboxylic acids is 2. The Morgan fingerprint density at radius 1 is 1.12 bits per heavy atom. The number of rotatable bonds is 2. The van der Waals surface area contributed by atoms with Crippen LogP contribution in [0, 0.1) is 5.92 Å². The molecule has 0 spiro atoms. The van der Waals surface area contributed by atoms with E-state index in [9.17, 15) is 9.59 Å². The molecular weight excluding hydrogens is 208 g/mol. The van der Waals surface area contributed by atoms with Crippen LogP contribution in [0.5, 0.6) is 0 Å².